The van der Waals surface area contributed by atoms with Crippen LogP contribution >= 0.6 is 0 Å². The van der Waals surface area contributed by atoms with Crippen molar-refractivity contribution < 1.29 is 14.7 Å². The summed E-state index contributed by atoms with van der Waals surface area (Å²) < 4.78 is 0. The molecule has 0 bridgehead atoms. The number of hydrogen-bond acceptors (Lipinski definition) is 2. The van der Waals surface area contributed by atoms with E-state index < -0.39 is 11.5 Å². The van der Waals surface area contributed by atoms with Crippen LogP contribution in [0.5, 0.6) is 0 Å². The normalized spacial score (nSPS) is 28.7. The minimum Gasteiger partial charge on any atom is -0.479 e. The van der Waals surface area contributed by atoms with Gasteiger partial charge in [0.2, 0.25) is 6.41 Å². The third-order valence-electron chi connectivity index (χ3n) is 4.00. The van der Waals surface area contributed by atoms with Crippen LogP contribution in [0.25, 0.3) is 0 Å². The summed E-state index contributed by atoms with van der Waals surface area (Å²) >= 11 is 0. The quantitative estimate of drug-likeness (QED) is 0.726. The van der Waals surface area contributed by atoms with Crippen LogP contribution in [0.3, 0.4) is 0 Å². The lowest BCUT2D eigenvalue weighted by Gasteiger charge is -2.46. The molecule has 0 aromatic heterocycles. The van der Waals surface area contributed by atoms with Crippen LogP contribution in [0, 0.1) is 5.92 Å². The fraction of sp³-hybridized carbons (Fsp3) is 0.846. The molecule has 1 aliphatic rings. The first-order valence-electron chi connectivity index (χ1n) is 6.58. The summed E-state index contributed by atoms with van der Waals surface area (Å²) in [5.41, 5.74) is -0.954. The maximum Gasteiger partial charge on any atom is 0.329 e. The number of nitrogens with zero attached hydrogens (tertiary/aromatic N) is 1. The third-order valence-corrected chi connectivity index (χ3v) is 4.00. The molecule has 4 nitrogen and oxygen atoms in total. The van der Waals surface area contributed by atoms with E-state index in [0.717, 1.165) is 38.5 Å². The Kier molecular flexibility index (Phi) is 4.97. The first-order chi connectivity index (χ1) is 8.13. The number of hydrogen-bond donors (Lipinski definition) is 1. The zero-order chi connectivity index (χ0) is 12.9. The molecule has 2 unspecified atom stereocenters. The lowest BCUT2D eigenvalue weighted by atomic mass is 9.70. The second-order valence-corrected chi connectivity index (χ2v) is 4.88. The molecule has 0 saturated heterocycles. The van der Waals surface area contributed by atoms with Gasteiger partial charge in [0.05, 0.1) is 0 Å². The van der Waals surface area contributed by atoms with Gasteiger partial charge in [-0.3, -0.25) is 4.79 Å². The minimum absolute atomic E-state index is 0.0884. The molecule has 0 aromatic carbocycles. The number of rotatable bonds is 6. The first kappa shape index (κ1) is 14.0. The molecule has 1 saturated carbocycles. The molecule has 1 fully saturated rings. The van der Waals surface area contributed by atoms with Crippen LogP contribution in [-0.4, -0.2) is 34.5 Å². The molecule has 2 atom stereocenters. The Bertz CT molecular complexity index is 280. The van der Waals surface area contributed by atoms with Gasteiger partial charge in [-0.25, -0.2) is 4.79 Å². The lowest BCUT2D eigenvalue weighted by Crippen LogP contribution is -2.60. The van der Waals surface area contributed by atoms with Crippen LogP contribution < -0.4 is 0 Å². The van der Waals surface area contributed by atoms with Gasteiger partial charge in [-0.05, 0) is 25.2 Å². The molecule has 17 heavy (non-hydrogen) atoms. The summed E-state index contributed by atoms with van der Waals surface area (Å²) in [6, 6.07) is 0. The third kappa shape index (κ3) is 2.45. The van der Waals surface area contributed by atoms with Gasteiger partial charge in [0.15, 0.2) is 0 Å². The molecular weight excluding hydrogens is 218 g/mol. The second kappa shape index (κ2) is 6.03. The Morgan fingerprint density at radius 1 is 1.47 bits per heavy atom. The van der Waals surface area contributed by atoms with Crippen molar-refractivity contribution in [3.05, 3.63) is 0 Å². The van der Waals surface area contributed by atoms with Gasteiger partial charge in [-0.1, -0.05) is 33.1 Å². The molecule has 0 aromatic rings. The van der Waals surface area contributed by atoms with Gasteiger partial charge < -0.3 is 10.0 Å². The van der Waals surface area contributed by atoms with Crippen LogP contribution in [0.2, 0.25) is 0 Å². The van der Waals surface area contributed by atoms with Crippen LogP contribution in [-0.2, 0) is 9.59 Å². The van der Waals surface area contributed by atoms with Crippen molar-refractivity contribution in [1.82, 2.24) is 4.90 Å². The van der Waals surface area contributed by atoms with E-state index in [1.807, 2.05) is 13.8 Å². The second-order valence-electron chi connectivity index (χ2n) is 4.88. The average molecular weight is 241 g/mol. The molecule has 0 spiro atoms. The number of aliphatic carboxylic acids is 1. The number of amides is 1. The topological polar surface area (TPSA) is 57.6 Å². The molecule has 0 aliphatic heterocycles. The zero-order valence-electron chi connectivity index (χ0n) is 10.8. The minimum atomic E-state index is -0.954. The van der Waals surface area contributed by atoms with Crippen molar-refractivity contribution in [3.63, 3.8) is 0 Å². The Morgan fingerprint density at radius 2 is 2.18 bits per heavy atom. The van der Waals surface area contributed by atoms with E-state index in [9.17, 15) is 14.7 Å². The molecule has 1 rings (SSSR count). The monoisotopic (exact) mass is 241 g/mol. The molecule has 4 heteroatoms. The maximum atomic E-state index is 11.7. The van der Waals surface area contributed by atoms with E-state index in [0.29, 0.717) is 13.0 Å². The summed E-state index contributed by atoms with van der Waals surface area (Å²) in [7, 11) is 0. The highest BCUT2D eigenvalue weighted by Crippen LogP contribution is 2.40. The van der Waals surface area contributed by atoms with Gasteiger partial charge in [-0.15, -0.1) is 0 Å². The zero-order valence-corrected chi connectivity index (χ0v) is 10.8. The predicted molar refractivity (Wildman–Crippen MR) is 65.7 cm³/mol. The summed E-state index contributed by atoms with van der Waals surface area (Å²) in [5.74, 6) is -0.741. The maximum absolute atomic E-state index is 11.7. The van der Waals surface area contributed by atoms with Crippen LogP contribution in [0.1, 0.15) is 52.4 Å². The molecule has 98 valence electrons. The fourth-order valence-corrected chi connectivity index (χ4v) is 3.14. The van der Waals surface area contributed by atoms with E-state index in [1.165, 1.54) is 4.90 Å². The summed E-state index contributed by atoms with van der Waals surface area (Å²) in [6.07, 6.45) is 5.83. The largest absolute Gasteiger partial charge is 0.479 e. The summed E-state index contributed by atoms with van der Waals surface area (Å²) in [6.45, 7) is 4.52. The molecule has 0 heterocycles. The van der Waals surface area contributed by atoms with Crippen molar-refractivity contribution in [3.8, 4) is 0 Å². The van der Waals surface area contributed by atoms with Crippen molar-refractivity contribution in [1.29, 1.82) is 0 Å². The molecular formula is C13H23NO3. The van der Waals surface area contributed by atoms with Gasteiger partial charge >= 0.3 is 5.97 Å². The van der Waals surface area contributed by atoms with Crippen molar-refractivity contribution >= 4 is 12.4 Å². The predicted octanol–water partition coefficient (Wildman–Crippen LogP) is 2.28. The highest BCUT2D eigenvalue weighted by molar-refractivity contribution is 5.82. The SMILES string of the molecule is CCCN(C=O)C1(C(=O)O)CCCCC1CC. The number of carbonyl (C=O) groups is 2. The Labute approximate surface area is 103 Å². The number of carboxylic acid groups (broad SMARTS) is 1. The highest BCUT2D eigenvalue weighted by atomic mass is 16.4. The molecule has 1 amide bonds. The Morgan fingerprint density at radius 3 is 2.65 bits per heavy atom. The van der Waals surface area contributed by atoms with Crippen molar-refractivity contribution in [2.24, 2.45) is 5.92 Å². The van der Waals surface area contributed by atoms with E-state index in [2.05, 4.69) is 0 Å². The molecule has 0 radical (unpaired) electrons. The highest BCUT2D eigenvalue weighted by Gasteiger charge is 2.50. The van der Waals surface area contributed by atoms with Gasteiger partial charge in [0.1, 0.15) is 5.54 Å². The van der Waals surface area contributed by atoms with Gasteiger partial charge in [0.25, 0.3) is 0 Å². The number of carboxylic acids is 1. The van der Waals surface area contributed by atoms with Gasteiger partial charge in [0, 0.05) is 6.54 Å². The Balaban J connectivity index is 3.07. The van der Waals surface area contributed by atoms with E-state index in [4.69, 9.17) is 0 Å². The van der Waals surface area contributed by atoms with Crippen molar-refractivity contribution in [2.45, 2.75) is 57.9 Å². The van der Waals surface area contributed by atoms with Gasteiger partial charge in [-0.2, -0.15) is 0 Å². The smallest absolute Gasteiger partial charge is 0.329 e. The van der Waals surface area contributed by atoms with Crippen molar-refractivity contribution in [2.75, 3.05) is 6.54 Å². The lowest BCUT2D eigenvalue weighted by molar-refractivity contribution is -0.163. The van der Waals surface area contributed by atoms with Crippen LogP contribution in [0.15, 0.2) is 0 Å². The van der Waals surface area contributed by atoms with E-state index >= 15 is 0 Å². The molecule has 1 N–H and O–H groups in total. The standard InChI is InChI=1S/C13H23NO3/c1-3-9-14(10-15)13(12(16)17)8-6-5-7-11(13)4-2/h10-11H,3-9H2,1-2H3,(H,16,17). The summed E-state index contributed by atoms with van der Waals surface area (Å²) in [4.78, 5) is 24.5. The number of carbonyl (C=O) groups excluding carboxylic acids is 1. The van der Waals surface area contributed by atoms with E-state index in [1.54, 1.807) is 0 Å². The summed E-state index contributed by atoms with van der Waals surface area (Å²) in [5, 5.41) is 9.62. The average Bonchev–Trinajstić information content (AvgIpc) is 2.35. The molecule has 1 aliphatic carbocycles. The van der Waals surface area contributed by atoms with Crippen LogP contribution in [0.4, 0.5) is 0 Å². The Hall–Kier alpha value is -1.06. The fourth-order valence-electron chi connectivity index (χ4n) is 3.14. The first-order valence-corrected chi connectivity index (χ1v) is 6.58. The van der Waals surface area contributed by atoms with E-state index in [-0.39, 0.29) is 5.92 Å².